The summed E-state index contributed by atoms with van der Waals surface area (Å²) in [6.45, 7) is 8.57. The first-order valence-electron chi connectivity index (χ1n) is 9.59. The van der Waals surface area contributed by atoms with Crippen molar-refractivity contribution in [2.24, 2.45) is 0 Å². The number of thioether (sulfide) groups is 1. The molecule has 1 atom stereocenters. The van der Waals surface area contributed by atoms with Crippen molar-refractivity contribution in [3.8, 4) is 11.4 Å². The number of methoxy groups -OCH3 is 1. The third-order valence-electron chi connectivity index (χ3n) is 5.39. The van der Waals surface area contributed by atoms with E-state index in [4.69, 9.17) is 14.5 Å². The Morgan fingerprint density at radius 1 is 1.41 bits per heavy atom. The van der Waals surface area contributed by atoms with Gasteiger partial charge in [0, 0.05) is 17.1 Å². The Kier molecular flexibility index (Phi) is 5.55. The quantitative estimate of drug-likeness (QED) is 0.315. The molecule has 0 saturated heterocycles. The van der Waals surface area contributed by atoms with Gasteiger partial charge in [0.05, 0.1) is 30.4 Å². The van der Waals surface area contributed by atoms with E-state index in [9.17, 15) is 4.79 Å². The van der Waals surface area contributed by atoms with Gasteiger partial charge in [0.1, 0.15) is 10.6 Å². The number of rotatable bonds is 6. The average molecular weight is 429 g/mol. The molecular formula is C22H24N2O3S2. The summed E-state index contributed by atoms with van der Waals surface area (Å²) in [5, 5.41) is 1.40. The van der Waals surface area contributed by atoms with E-state index < -0.39 is 0 Å². The Hall–Kier alpha value is -2.09. The van der Waals surface area contributed by atoms with Gasteiger partial charge in [0.15, 0.2) is 5.16 Å². The SMILES string of the molecule is C=CCSc1nc2sc3c(c2c(=O)n1-c1ccc(OC)cc1)C[C@@](C)(CC)OC3. The van der Waals surface area contributed by atoms with Crippen LogP contribution in [0.2, 0.25) is 0 Å². The number of nitrogens with zero attached hydrogens (tertiary/aromatic N) is 2. The fourth-order valence-corrected chi connectivity index (χ4v) is 5.41. The molecule has 1 aliphatic heterocycles. The molecule has 1 aliphatic rings. The lowest BCUT2D eigenvalue weighted by molar-refractivity contribution is -0.0543. The van der Waals surface area contributed by atoms with Crippen LogP contribution in [0.3, 0.4) is 0 Å². The van der Waals surface area contributed by atoms with Crippen molar-refractivity contribution >= 4 is 33.3 Å². The van der Waals surface area contributed by atoms with Crippen LogP contribution in [0.1, 0.15) is 30.7 Å². The molecule has 29 heavy (non-hydrogen) atoms. The summed E-state index contributed by atoms with van der Waals surface area (Å²) in [7, 11) is 1.63. The highest BCUT2D eigenvalue weighted by molar-refractivity contribution is 7.99. The number of hydrogen-bond acceptors (Lipinski definition) is 6. The molecule has 0 bridgehead atoms. The zero-order chi connectivity index (χ0) is 20.6. The van der Waals surface area contributed by atoms with Gasteiger partial charge in [-0.25, -0.2) is 4.98 Å². The predicted octanol–water partition coefficient (Wildman–Crippen LogP) is 4.98. The van der Waals surface area contributed by atoms with Crippen molar-refractivity contribution in [2.45, 2.75) is 44.1 Å². The highest BCUT2D eigenvalue weighted by Crippen LogP contribution is 2.39. The first kappa shape index (κ1) is 20.2. The lowest BCUT2D eigenvalue weighted by Crippen LogP contribution is -2.34. The number of benzene rings is 1. The average Bonchev–Trinajstić information content (AvgIpc) is 3.10. The monoisotopic (exact) mass is 428 g/mol. The van der Waals surface area contributed by atoms with Gasteiger partial charge < -0.3 is 9.47 Å². The zero-order valence-corrected chi connectivity index (χ0v) is 18.5. The van der Waals surface area contributed by atoms with Crippen molar-refractivity contribution in [3.63, 3.8) is 0 Å². The fourth-order valence-electron chi connectivity index (χ4n) is 3.52. The Balaban J connectivity index is 1.94. The van der Waals surface area contributed by atoms with Gasteiger partial charge in [0.2, 0.25) is 0 Å². The second-order valence-electron chi connectivity index (χ2n) is 7.29. The van der Waals surface area contributed by atoms with Crippen LogP contribution in [-0.4, -0.2) is 28.0 Å². The lowest BCUT2D eigenvalue weighted by atomic mass is 9.90. The molecule has 0 saturated carbocycles. The summed E-state index contributed by atoms with van der Waals surface area (Å²) >= 11 is 3.08. The van der Waals surface area contributed by atoms with E-state index in [1.54, 1.807) is 23.0 Å². The van der Waals surface area contributed by atoms with Crippen LogP contribution in [0.5, 0.6) is 5.75 Å². The van der Waals surface area contributed by atoms with Crippen molar-refractivity contribution in [1.29, 1.82) is 0 Å². The maximum Gasteiger partial charge on any atom is 0.267 e. The molecule has 1 aromatic carbocycles. The van der Waals surface area contributed by atoms with Crippen molar-refractivity contribution in [1.82, 2.24) is 9.55 Å². The van der Waals surface area contributed by atoms with Crippen LogP contribution in [0.4, 0.5) is 0 Å². The minimum atomic E-state index is -0.241. The Bertz CT molecular complexity index is 1120. The summed E-state index contributed by atoms with van der Waals surface area (Å²) in [5.74, 6) is 1.43. The zero-order valence-electron chi connectivity index (χ0n) is 16.9. The second kappa shape index (κ2) is 7.97. The van der Waals surface area contributed by atoms with E-state index in [1.807, 2.05) is 30.3 Å². The highest BCUT2D eigenvalue weighted by Gasteiger charge is 2.33. The summed E-state index contributed by atoms with van der Waals surface area (Å²) in [6.07, 6.45) is 3.45. The maximum atomic E-state index is 13.7. The highest BCUT2D eigenvalue weighted by atomic mass is 32.2. The summed E-state index contributed by atoms with van der Waals surface area (Å²) in [5.41, 5.74) is 1.61. The minimum absolute atomic E-state index is 0.0235. The van der Waals surface area contributed by atoms with E-state index in [1.165, 1.54) is 11.8 Å². The molecule has 3 heterocycles. The number of fused-ring (bicyclic) bond motifs is 3. The lowest BCUT2D eigenvalue weighted by Gasteiger charge is -2.32. The Labute approximate surface area is 178 Å². The van der Waals surface area contributed by atoms with Gasteiger partial charge in [-0.15, -0.1) is 17.9 Å². The standard InChI is InChI=1S/C22H24N2O3S2/c1-5-11-28-21-23-19-18(16-12-22(3,6-2)27-13-17(16)29-19)20(25)24(21)14-7-9-15(26-4)10-8-14/h5,7-10H,1,6,11-13H2,2-4H3/t22-/m1/s1. The third-order valence-corrected chi connectivity index (χ3v) is 7.42. The van der Waals surface area contributed by atoms with Gasteiger partial charge in [0.25, 0.3) is 5.56 Å². The molecule has 5 nitrogen and oxygen atoms in total. The van der Waals surface area contributed by atoms with Crippen molar-refractivity contribution in [2.75, 3.05) is 12.9 Å². The number of hydrogen-bond donors (Lipinski definition) is 0. The van der Waals surface area contributed by atoms with E-state index in [-0.39, 0.29) is 11.2 Å². The summed E-state index contributed by atoms with van der Waals surface area (Å²) in [4.78, 5) is 20.5. The summed E-state index contributed by atoms with van der Waals surface area (Å²) < 4.78 is 13.1. The van der Waals surface area contributed by atoms with E-state index in [2.05, 4.69) is 20.4 Å². The van der Waals surface area contributed by atoms with Crippen LogP contribution in [0, 0.1) is 0 Å². The van der Waals surface area contributed by atoms with Crippen LogP contribution < -0.4 is 10.3 Å². The minimum Gasteiger partial charge on any atom is -0.497 e. The number of thiophene rings is 1. The van der Waals surface area contributed by atoms with Gasteiger partial charge in [-0.3, -0.25) is 9.36 Å². The number of ether oxygens (including phenoxy) is 2. The molecule has 2 aromatic heterocycles. The molecular weight excluding hydrogens is 404 g/mol. The normalized spacial score (nSPS) is 18.6. The fraction of sp³-hybridized carbons (Fsp3) is 0.364. The molecule has 4 rings (SSSR count). The first-order chi connectivity index (χ1) is 14.0. The van der Waals surface area contributed by atoms with Crippen LogP contribution in [0.25, 0.3) is 15.9 Å². The van der Waals surface area contributed by atoms with E-state index in [0.29, 0.717) is 17.5 Å². The molecule has 0 amide bonds. The van der Waals surface area contributed by atoms with Crippen LogP contribution >= 0.6 is 23.1 Å². The molecule has 3 aromatic rings. The van der Waals surface area contributed by atoms with Gasteiger partial charge in [-0.2, -0.15) is 0 Å². The molecule has 152 valence electrons. The Morgan fingerprint density at radius 3 is 2.83 bits per heavy atom. The largest absolute Gasteiger partial charge is 0.497 e. The van der Waals surface area contributed by atoms with E-state index in [0.717, 1.165) is 44.9 Å². The first-order valence-corrected chi connectivity index (χ1v) is 11.4. The van der Waals surface area contributed by atoms with Crippen LogP contribution in [0.15, 0.2) is 46.9 Å². The molecule has 0 radical (unpaired) electrons. The third kappa shape index (κ3) is 3.63. The molecule has 0 spiro atoms. The second-order valence-corrected chi connectivity index (χ2v) is 9.36. The molecule has 0 fully saturated rings. The van der Waals surface area contributed by atoms with E-state index >= 15 is 0 Å². The molecule has 7 heteroatoms. The van der Waals surface area contributed by atoms with Gasteiger partial charge in [-0.1, -0.05) is 24.8 Å². The maximum absolute atomic E-state index is 13.7. The van der Waals surface area contributed by atoms with Crippen LogP contribution in [-0.2, 0) is 17.8 Å². The van der Waals surface area contributed by atoms with Crippen molar-refractivity contribution in [3.05, 3.63) is 57.7 Å². The van der Waals surface area contributed by atoms with Gasteiger partial charge >= 0.3 is 0 Å². The summed E-state index contributed by atoms with van der Waals surface area (Å²) in [6, 6.07) is 7.51. The van der Waals surface area contributed by atoms with Crippen molar-refractivity contribution < 1.29 is 9.47 Å². The molecule has 0 aliphatic carbocycles. The molecule has 0 N–H and O–H groups in total. The smallest absolute Gasteiger partial charge is 0.267 e. The van der Waals surface area contributed by atoms with Gasteiger partial charge in [-0.05, 0) is 43.2 Å². The topological polar surface area (TPSA) is 53.4 Å². The molecule has 0 unspecified atom stereocenters. The predicted molar refractivity (Wildman–Crippen MR) is 120 cm³/mol. The number of aromatic nitrogens is 2. The Morgan fingerprint density at radius 2 is 2.17 bits per heavy atom.